The minimum Gasteiger partial charge on any atom is -0.394 e. The minimum absolute atomic E-state index is 0.0106. The van der Waals surface area contributed by atoms with Crippen molar-refractivity contribution in [1.82, 2.24) is 9.97 Å². The van der Waals surface area contributed by atoms with E-state index in [2.05, 4.69) is 36.5 Å². The van der Waals surface area contributed by atoms with Gasteiger partial charge in [0.2, 0.25) is 5.95 Å². The Balaban J connectivity index is 2.41. The van der Waals surface area contributed by atoms with Crippen molar-refractivity contribution < 1.29 is 18.3 Å². The lowest BCUT2D eigenvalue weighted by molar-refractivity contribution is -0.141. The van der Waals surface area contributed by atoms with Gasteiger partial charge in [0.1, 0.15) is 5.82 Å². The summed E-state index contributed by atoms with van der Waals surface area (Å²) in [4.78, 5) is 7.67. The molecule has 2 aromatic rings. The van der Waals surface area contributed by atoms with Crippen molar-refractivity contribution in [2.45, 2.75) is 33.0 Å². The Kier molecular flexibility index (Phi) is 6.46. The molecule has 9 heteroatoms. The van der Waals surface area contributed by atoms with Crippen molar-refractivity contribution >= 4 is 33.4 Å². The first kappa shape index (κ1) is 20.4. The van der Waals surface area contributed by atoms with E-state index in [1.54, 1.807) is 12.1 Å². The van der Waals surface area contributed by atoms with E-state index in [1.807, 2.05) is 26.8 Å². The predicted molar refractivity (Wildman–Crippen MR) is 98.5 cm³/mol. The number of nitrogens with one attached hydrogen (secondary N) is 2. The van der Waals surface area contributed by atoms with E-state index < -0.39 is 17.9 Å². The summed E-state index contributed by atoms with van der Waals surface area (Å²) in [7, 11) is 0. The van der Waals surface area contributed by atoms with E-state index in [0.29, 0.717) is 5.69 Å². The summed E-state index contributed by atoms with van der Waals surface area (Å²) >= 11 is 3.39. The van der Waals surface area contributed by atoms with E-state index in [1.165, 1.54) is 0 Å². The molecule has 0 unspecified atom stereocenters. The molecule has 26 heavy (non-hydrogen) atoms. The van der Waals surface area contributed by atoms with Crippen LogP contribution in [0.15, 0.2) is 28.7 Å². The number of aliphatic hydroxyl groups excluding tert-OH is 1. The number of anilines is 3. The first-order valence-corrected chi connectivity index (χ1v) is 8.77. The second-order valence-electron chi connectivity index (χ2n) is 6.17. The fourth-order valence-corrected chi connectivity index (χ4v) is 2.56. The SMILES string of the molecule is Cc1c(Br)cccc1Nc1cc(C(F)(F)F)nc(N[C@@H](CO)C(C)C)n1. The minimum atomic E-state index is -4.62. The van der Waals surface area contributed by atoms with Gasteiger partial charge in [-0.15, -0.1) is 0 Å². The van der Waals surface area contributed by atoms with Gasteiger partial charge in [0.05, 0.1) is 12.6 Å². The molecule has 142 valence electrons. The average molecular weight is 433 g/mol. The van der Waals surface area contributed by atoms with Crippen LogP contribution in [0.4, 0.5) is 30.6 Å². The highest BCUT2D eigenvalue weighted by Gasteiger charge is 2.34. The Hall–Kier alpha value is -1.87. The molecule has 0 bridgehead atoms. The van der Waals surface area contributed by atoms with E-state index in [-0.39, 0.29) is 24.3 Å². The Morgan fingerprint density at radius 2 is 1.92 bits per heavy atom. The quantitative estimate of drug-likeness (QED) is 0.614. The topological polar surface area (TPSA) is 70.1 Å². The maximum absolute atomic E-state index is 13.2. The second-order valence-corrected chi connectivity index (χ2v) is 7.03. The maximum Gasteiger partial charge on any atom is 0.433 e. The highest BCUT2D eigenvalue weighted by molar-refractivity contribution is 9.10. The summed E-state index contributed by atoms with van der Waals surface area (Å²) in [6.45, 7) is 5.26. The molecule has 1 atom stereocenters. The number of halogens is 4. The highest BCUT2D eigenvalue weighted by Crippen LogP contribution is 2.32. The molecule has 2 rings (SSSR count). The van der Waals surface area contributed by atoms with Crippen LogP contribution in [0.1, 0.15) is 25.1 Å². The van der Waals surface area contributed by atoms with E-state index in [4.69, 9.17) is 0 Å². The van der Waals surface area contributed by atoms with Crippen LogP contribution in [0.25, 0.3) is 0 Å². The van der Waals surface area contributed by atoms with Gasteiger partial charge in [-0.2, -0.15) is 18.2 Å². The molecule has 0 aliphatic heterocycles. The molecule has 0 amide bonds. The average Bonchev–Trinajstić information content (AvgIpc) is 2.55. The number of aliphatic hydroxyl groups is 1. The molecule has 5 nitrogen and oxygen atoms in total. The van der Waals surface area contributed by atoms with Crippen molar-refractivity contribution in [3.63, 3.8) is 0 Å². The number of hydrogen-bond acceptors (Lipinski definition) is 5. The predicted octanol–water partition coefficient (Wildman–Crippen LogP) is 4.74. The van der Waals surface area contributed by atoms with Crippen LogP contribution < -0.4 is 10.6 Å². The van der Waals surface area contributed by atoms with Crippen molar-refractivity contribution in [2.75, 3.05) is 17.2 Å². The normalized spacial score (nSPS) is 13.0. The molecule has 0 saturated carbocycles. The number of aromatic nitrogens is 2. The molecular formula is C17H20BrF3N4O. The second kappa shape index (κ2) is 8.22. The largest absolute Gasteiger partial charge is 0.433 e. The van der Waals surface area contributed by atoms with E-state index in [9.17, 15) is 18.3 Å². The third-order valence-corrected chi connectivity index (χ3v) is 4.72. The molecule has 0 aliphatic carbocycles. The van der Waals surface area contributed by atoms with Crippen molar-refractivity contribution in [3.8, 4) is 0 Å². The summed E-state index contributed by atoms with van der Waals surface area (Å²) in [6.07, 6.45) is -4.62. The van der Waals surface area contributed by atoms with Gasteiger partial charge in [0.25, 0.3) is 0 Å². The molecule has 1 aromatic heterocycles. The van der Waals surface area contributed by atoms with Gasteiger partial charge in [-0.3, -0.25) is 0 Å². The lowest BCUT2D eigenvalue weighted by Crippen LogP contribution is -2.30. The monoisotopic (exact) mass is 432 g/mol. The summed E-state index contributed by atoms with van der Waals surface area (Å²) < 4.78 is 40.4. The summed E-state index contributed by atoms with van der Waals surface area (Å²) in [6, 6.07) is 5.75. The number of benzene rings is 1. The summed E-state index contributed by atoms with van der Waals surface area (Å²) in [5.74, 6) is -0.193. The van der Waals surface area contributed by atoms with Gasteiger partial charge in [-0.1, -0.05) is 35.8 Å². The van der Waals surface area contributed by atoms with Crippen LogP contribution in [0.5, 0.6) is 0 Å². The Morgan fingerprint density at radius 3 is 2.50 bits per heavy atom. The van der Waals surface area contributed by atoms with Gasteiger partial charge in [-0.05, 0) is 30.5 Å². The zero-order chi connectivity index (χ0) is 19.5. The Morgan fingerprint density at radius 1 is 1.23 bits per heavy atom. The molecule has 3 N–H and O–H groups in total. The lowest BCUT2D eigenvalue weighted by Gasteiger charge is -2.21. The number of nitrogens with zero attached hydrogens (tertiary/aromatic N) is 2. The molecule has 0 saturated heterocycles. The molecule has 1 heterocycles. The van der Waals surface area contributed by atoms with Crippen LogP contribution in [-0.2, 0) is 6.18 Å². The number of hydrogen-bond donors (Lipinski definition) is 3. The van der Waals surface area contributed by atoms with E-state index in [0.717, 1.165) is 16.1 Å². The van der Waals surface area contributed by atoms with Crippen LogP contribution >= 0.6 is 15.9 Å². The Bertz CT molecular complexity index is 768. The molecular weight excluding hydrogens is 413 g/mol. The van der Waals surface area contributed by atoms with Crippen LogP contribution in [-0.4, -0.2) is 27.7 Å². The van der Waals surface area contributed by atoms with Crippen LogP contribution in [0, 0.1) is 12.8 Å². The molecule has 0 aliphatic rings. The van der Waals surface area contributed by atoms with Crippen molar-refractivity contribution in [2.24, 2.45) is 5.92 Å². The van der Waals surface area contributed by atoms with Gasteiger partial charge in [-0.25, -0.2) is 4.98 Å². The molecule has 0 spiro atoms. The first-order chi connectivity index (χ1) is 12.1. The summed E-state index contributed by atoms with van der Waals surface area (Å²) in [5, 5.41) is 15.1. The van der Waals surface area contributed by atoms with Crippen molar-refractivity contribution in [1.29, 1.82) is 0 Å². The fraction of sp³-hybridized carbons (Fsp3) is 0.412. The third kappa shape index (κ3) is 5.07. The third-order valence-electron chi connectivity index (χ3n) is 3.86. The van der Waals surface area contributed by atoms with Gasteiger partial charge in [0.15, 0.2) is 5.69 Å². The zero-order valence-corrected chi connectivity index (χ0v) is 16.1. The Labute approximate surface area is 158 Å². The molecule has 1 aromatic carbocycles. The van der Waals surface area contributed by atoms with E-state index >= 15 is 0 Å². The smallest absolute Gasteiger partial charge is 0.394 e. The van der Waals surface area contributed by atoms with Crippen LogP contribution in [0.2, 0.25) is 0 Å². The molecule has 0 fully saturated rings. The molecule has 0 radical (unpaired) electrons. The standard InChI is InChI=1S/C17H20BrF3N4O/c1-9(2)13(8-26)23-16-24-14(17(19,20)21)7-15(25-16)22-12-6-4-5-11(18)10(12)3/h4-7,9,13,26H,8H2,1-3H3,(H2,22,23,24,25)/t13-/m0/s1. The van der Waals surface area contributed by atoms with Gasteiger partial charge < -0.3 is 15.7 Å². The maximum atomic E-state index is 13.2. The zero-order valence-electron chi connectivity index (χ0n) is 14.5. The van der Waals surface area contributed by atoms with Crippen molar-refractivity contribution in [3.05, 3.63) is 40.0 Å². The number of alkyl halides is 3. The van der Waals surface area contributed by atoms with Crippen LogP contribution in [0.3, 0.4) is 0 Å². The lowest BCUT2D eigenvalue weighted by atomic mass is 10.1. The first-order valence-electron chi connectivity index (χ1n) is 7.97. The fourth-order valence-electron chi connectivity index (χ4n) is 2.19. The summed E-state index contributed by atoms with van der Waals surface area (Å²) in [5.41, 5.74) is 0.398. The van der Waals surface area contributed by atoms with Gasteiger partial charge >= 0.3 is 6.18 Å². The number of rotatable bonds is 6. The van der Waals surface area contributed by atoms with Gasteiger partial charge in [0, 0.05) is 16.2 Å². The highest BCUT2D eigenvalue weighted by atomic mass is 79.9.